The molecule has 1 N–H and O–H groups in total. The van der Waals surface area contributed by atoms with Crippen LogP contribution in [0.4, 0.5) is 5.82 Å². The largest absolute Gasteiger partial charge is 0.451 e. The lowest BCUT2D eigenvalue weighted by molar-refractivity contribution is -0.133. The molecule has 3 rings (SSSR count). The van der Waals surface area contributed by atoms with Crippen molar-refractivity contribution in [3.63, 3.8) is 0 Å². The quantitative estimate of drug-likeness (QED) is 0.791. The third-order valence-electron chi connectivity index (χ3n) is 4.35. The number of amides is 2. The van der Waals surface area contributed by atoms with Gasteiger partial charge in [-0.15, -0.1) is 0 Å². The molecule has 7 nitrogen and oxygen atoms in total. The van der Waals surface area contributed by atoms with Gasteiger partial charge in [0.1, 0.15) is 5.82 Å². The predicted molar refractivity (Wildman–Crippen MR) is 95.2 cm³/mol. The van der Waals surface area contributed by atoms with E-state index in [2.05, 4.69) is 16.4 Å². The Morgan fingerprint density at radius 1 is 1.27 bits per heavy atom. The summed E-state index contributed by atoms with van der Waals surface area (Å²) >= 11 is 0. The van der Waals surface area contributed by atoms with Crippen LogP contribution in [-0.2, 0) is 14.3 Å². The minimum Gasteiger partial charge on any atom is -0.451 e. The van der Waals surface area contributed by atoms with Gasteiger partial charge in [-0.05, 0) is 50.7 Å². The molecule has 0 spiro atoms. The summed E-state index contributed by atoms with van der Waals surface area (Å²) < 4.78 is 5.17. The Hall–Kier alpha value is -2.70. The van der Waals surface area contributed by atoms with Crippen molar-refractivity contribution in [2.45, 2.75) is 51.5 Å². The van der Waals surface area contributed by atoms with Crippen molar-refractivity contribution in [2.24, 2.45) is 0 Å². The summed E-state index contributed by atoms with van der Waals surface area (Å²) in [5, 5.41) is 2.51. The van der Waals surface area contributed by atoms with Crippen molar-refractivity contribution in [3.05, 3.63) is 35.7 Å². The Morgan fingerprint density at radius 3 is 2.73 bits per heavy atom. The van der Waals surface area contributed by atoms with Crippen molar-refractivity contribution in [3.8, 4) is 0 Å². The Kier molecular flexibility index (Phi) is 5.65. The maximum Gasteiger partial charge on any atom is 0.357 e. The monoisotopic (exact) mass is 357 g/mol. The summed E-state index contributed by atoms with van der Waals surface area (Å²) in [5.41, 5.74) is 1.12. The van der Waals surface area contributed by atoms with E-state index in [9.17, 15) is 14.4 Å². The summed E-state index contributed by atoms with van der Waals surface area (Å²) in [6.45, 7) is 1.05. The van der Waals surface area contributed by atoms with Gasteiger partial charge < -0.3 is 15.0 Å². The van der Waals surface area contributed by atoms with Crippen LogP contribution in [-0.4, -0.2) is 40.3 Å². The van der Waals surface area contributed by atoms with Gasteiger partial charge in [-0.3, -0.25) is 9.59 Å². The zero-order valence-electron chi connectivity index (χ0n) is 14.9. The fraction of sp³-hybridized carbons (Fsp3) is 0.474. The second-order valence-corrected chi connectivity index (χ2v) is 6.60. The lowest BCUT2D eigenvalue weighted by Gasteiger charge is -2.27. The van der Waals surface area contributed by atoms with Gasteiger partial charge in [-0.25, -0.2) is 9.78 Å². The summed E-state index contributed by atoms with van der Waals surface area (Å²) in [4.78, 5) is 41.7. The molecule has 2 aliphatic carbocycles. The second-order valence-electron chi connectivity index (χ2n) is 6.60. The van der Waals surface area contributed by atoms with Crippen molar-refractivity contribution in [1.82, 2.24) is 9.88 Å². The lowest BCUT2D eigenvalue weighted by Crippen LogP contribution is -2.36. The van der Waals surface area contributed by atoms with E-state index in [1.165, 1.54) is 13.0 Å². The Labute approximate surface area is 152 Å². The minimum atomic E-state index is -0.682. The number of nitrogens with zero attached hydrogens (tertiary/aromatic N) is 2. The van der Waals surface area contributed by atoms with Gasteiger partial charge in [0, 0.05) is 18.7 Å². The first-order valence-corrected chi connectivity index (χ1v) is 8.97. The minimum absolute atomic E-state index is 0.0545. The zero-order chi connectivity index (χ0) is 18.5. The first kappa shape index (κ1) is 18.1. The number of hydrogen-bond acceptors (Lipinski definition) is 5. The maximum atomic E-state index is 12.6. The van der Waals surface area contributed by atoms with Gasteiger partial charge in [0.25, 0.3) is 5.91 Å². The molecule has 2 amide bonds. The first-order chi connectivity index (χ1) is 12.5. The summed E-state index contributed by atoms with van der Waals surface area (Å²) in [6.07, 6.45) is 8.25. The summed E-state index contributed by atoms with van der Waals surface area (Å²) in [6, 6.07) is 4.90. The number of aromatic nitrogens is 1. The Bertz CT molecular complexity index is 740. The van der Waals surface area contributed by atoms with Gasteiger partial charge in [0.05, 0.1) is 0 Å². The van der Waals surface area contributed by atoms with Gasteiger partial charge >= 0.3 is 5.97 Å². The molecule has 1 saturated carbocycles. The molecule has 7 heteroatoms. The highest BCUT2D eigenvalue weighted by Crippen LogP contribution is 2.33. The SMILES string of the molecule is CC(=O)Nc1cccc(C(=O)OCC(=O)N(C2=CCCCC2)C2CC2)n1. The van der Waals surface area contributed by atoms with Crippen LogP contribution in [0.5, 0.6) is 0 Å². The van der Waals surface area contributed by atoms with Gasteiger partial charge in [0.15, 0.2) is 12.3 Å². The second kappa shape index (κ2) is 8.12. The van der Waals surface area contributed by atoms with Crippen LogP contribution >= 0.6 is 0 Å². The third kappa shape index (κ3) is 4.68. The number of carbonyl (C=O) groups excluding carboxylic acids is 3. The van der Waals surface area contributed by atoms with Crippen LogP contribution < -0.4 is 5.32 Å². The molecular weight excluding hydrogens is 334 g/mol. The van der Waals surface area contributed by atoms with Gasteiger partial charge in [0.2, 0.25) is 5.91 Å². The van der Waals surface area contributed by atoms with Crippen LogP contribution in [0.1, 0.15) is 55.9 Å². The number of nitrogens with one attached hydrogen (secondary N) is 1. The molecule has 0 bridgehead atoms. The molecule has 0 aromatic carbocycles. The number of anilines is 1. The molecule has 1 aromatic heterocycles. The predicted octanol–water partition coefficient (Wildman–Crippen LogP) is 2.65. The third-order valence-corrected chi connectivity index (χ3v) is 4.35. The highest BCUT2D eigenvalue weighted by atomic mass is 16.5. The maximum absolute atomic E-state index is 12.6. The van der Waals surface area contributed by atoms with E-state index in [0.717, 1.165) is 44.2 Å². The van der Waals surface area contributed by atoms with Crippen LogP contribution in [0.15, 0.2) is 30.0 Å². The topological polar surface area (TPSA) is 88.6 Å². The molecule has 0 aliphatic heterocycles. The summed E-state index contributed by atoms with van der Waals surface area (Å²) in [7, 11) is 0. The number of pyridine rings is 1. The normalized spacial score (nSPS) is 16.4. The highest BCUT2D eigenvalue weighted by Gasteiger charge is 2.35. The molecule has 0 saturated heterocycles. The van der Waals surface area contributed by atoms with Crippen LogP contribution in [0.2, 0.25) is 0 Å². The van der Waals surface area contributed by atoms with Crippen molar-refractivity contribution >= 4 is 23.6 Å². The first-order valence-electron chi connectivity index (χ1n) is 8.97. The van der Waals surface area contributed by atoms with Crippen LogP contribution in [0.25, 0.3) is 0 Å². The van der Waals surface area contributed by atoms with E-state index in [0.29, 0.717) is 0 Å². The number of hydrogen-bond donors (Lipinski definition) is 1. The molecule has 1 heterocycles. The van der Waals surface area contributed by atoms with Crippen molar-refractivity contribution in [1.29, 1.82) is 0 Å². The average molecular weight is 357 g/mol. The van der Waals surface area contributed by atoms with Crippen LogP contribution in [0.3, 0.4) is 0 Å². The molecule has 26 heavy (non-hydrogen) atoms. The zero-order valence-corrected chi connectivity index (χ0v) is 14.9. The number of esters is 1. The highest BCUT2D eigenvalue weighted by molar-refractivity contribution is 5.92. The van der Waals surface area contributed by atoms with E-state index in [1.807, 2.05) is 4.90 Å². The summed E-state index contributed by atoms with van der Waals surface area (Å²) in [5.74, 6) is -0.879. The molecule has 0 unspecified atom stereocenters. The average Bonchev–Trinajstić information content (AvgIpc) is 3.45. The standard InChI is InChI=1S/C19H23N3O4/c1-13(23)20-17-9-5-8-16(21-17)19(25)26-12-18(24)22(15-10-11-15)14-6-3-2-4-7-14/h5-6,8-9,15H,2-4,7,10-12H2,1H3,(H,20,21,23). The number of ether oxygens (including phenoxy) is 1. The lowest BCUT2D eigenvalue weighted by atomic mass is 10.0. The van der Waals surface area contributed by atoms with Gasteiger partial charge in [-0.2, -0.15) is 0 Å². The number of rotatable bonds is 6. The van der Waals surface area contributed by atoms with Crippen LogP contribution in [0, 0.1) is 0 Å². The molecular formula is C19H23N3O4. The number of carbonyl (C=O) groups is 3. The Morgan fingerprint density at radius 2 is 2.08 bits per heavy atom. The molecule has 0 radical (unpaired) electrons. The van der Waals surface area contributed by atoms with E-state index in [-0.39, 0.29) is 36.0 Å². The van der Waals surface area contributed by atoms with E-state index in [4.69, 9.17) is 4.74 Å². The molecule has 138 valence electrons. The van der Waals surface area contributed by atoms with E-state index in [1.54, 1.807) is 12.1 Å². The smallest absolute Gasteiger partial charge is 0.357 e. The molecule has 1 fully saturated rings. The Balaban J connectivity index is 1.60. The molecule has 0 atom stereocenters. The fourth-order valence-electron chi connectivity index (χ4n) is 3.04. The van der Waals surface area contributed by atoms with Gasteiger partial charge in [-0.1, -0.05) is 12.1 Å². The van der Waals surface area contributed by atoms with Crippen molar-refractivity contribution in [2.75, 3.05) is 11.9 Å². The number of allylic oxidation sites excluding steroid dienone is 2. The molecule has 1 aromatic rings. The van der Waals surface area contributed by atoms with Crippen molar-refractivity contribution < 1.29 is 19.1 Å². The molecule has 2 aliphatic rings. The fourth-order valence-corrected chi connectivity index (χ4v) is 3.04. The van der Waals surface area contributed by atoms with E-state index >= 15 is 0 Å². The van der Waals surface area contributed by atoms with E-state index < -0.39 is 5.97 Å².